The molecule has 14 heteroatoms. The van der Waals surface area contributed by atoms with Crippen molar-refractivity contribution in [1.29, 1.82) is 0 Å². The molecule has 0 radical (unpaired) electrons. The molecule has 0 fully saturated rings. The zero-order valence-corrected chi connectivity index (χ0v) is 42.7. The van der Waals surface area contributed by atoms with E-state index in [0.717, 1.165) is 127 Å². The van der Waals surface area contributed by atoms with Gasteiger partial charge in [-0.05, 0) is 106 Å². The fourth-order valence-electron chi connectivity index (χ4n) is 8.72. The van der Waals surface area contributed by atoms with Crippen molar-refractivity contribution >= 4 is 23.8 Å². The van der Waals surface area contributed by atoms with Crippen LogP contribution in [0.4, 0.5) is 26.3 Å². The average Bonchev–Trinajstić information content (AvgIpc) is 3.41. The van der Waals surface area contributed by atoms with Crippen LogP contribution in [0.15, 0.2) is 146 Å². The molecule has 0 aliphatic heterocycles. The molecule has 398 valence electrons. The maximum Gasteiger partial charge on any atom is 0.416 e. The number of aliphatic carboxylic acids is 1. The van der Waals surface area contributed by atoms with Gasteiger partial charge in [0.25, 0.3) is 11.8 Å². The number of rotatable bonds is 24. The molecule has 6 rings (SSSR count). The van der Waals surface area contributed by atoms with Crippen LogP contribution in [0.2, 0.25) is 0 Å². The molecule has 2 amide bonds. The third-order valence-electron chi connectivity index (χ3n) is 13.0. The van der Waals surface area contributed by atoms with Crippen LogP contribution in [0.25, 0.3) is 22.3 Å². The SMILES string of the molecule is CCCCCCC(c1ccc(C(=O)NCCC(=O)O)cc1)c1ccc(-c2ccc(C(F)(F)F)cc2)cc1.CCCCCCC(c1ccc(C(=O)NCCC(=O)OC)cc1)c1ccc(-c2ccc(C(F)(F)F)cc2)cc1. The quantitative estimate of drug-likeness (QED) is 0.0315. The van der Waals surface area contributed by atoms with E-state index in [2.05, 4.69) is 29.2 Å². The molecule has 2 unspecified atom stereocenters. The average molecular weight is 1040 g/mol. The molecule has 0 saturated carbocycles. The molecule has 8 nitrogen and oxygen atoms in total. The van der Waals surface area contributed by atoms with E-state index in [4.69, 9.17) is 5.11 Å². The zero-order chi connectivity index (χ0) is 54.4. The summed E-state index contributed by atoms with van der Waals surface area (Å²) < 4.78 is 81.9. The summed E-state index contributed by atoms with van der Waals surface area (Å²) in [6, 6.07) is 41.1. The fraction of sp³-hybridized carbons (Fsp3) is 0.344. The van der Waals surface area contributed by atoms with Crippen molar-refractivity contribution < 1.29 is 55.4 Å². The number of carboxylic acid groups (broad SMARTS) is 1. The minimum atomic E-state index is -4.36. The lowest BCUT2D eigenvalue weighted by Crippen LogP contribution is -2.26. The van der Waals surface area contributed by atoms with Crippen LogP contribution in [0.3, 0.4) is 0 Å². The lowest BCUT2D eigenvalue weighted by Gasteiger charge is -2.19. The van der Waals surface area contributed by atoms with E-state index in [9.17, 15) is 45.5 Å². The summed E-state index contributed by atoms with van der Waals surface area (Å²) in [5, 5.41) is 14.1. The number of unbranched alkanes of at least 4 members (excludes halogenated alkanes) is 6. The van der Waals surface area contributed by atoms with Crippen LogP contribution in [-0.2, 0) is 26.7 Å². The van der Waals surface area contributed by atoms with Crippen molar-refractivity contribution in [3.63, 3.8) is 0 Å². The molecule has 2 atom stereocenters. The smallest absolute Gasteiger partial charge is 0.416 e. The van der Waals surface area contributed by atoms with Crippen LogP contribution in [-0.4, -0.2) is 49.1 Å². The summed E-state index contributed by atoms with van der Waals surface area (Å²) in [5.41, 5.74) is 7.18. The summed E-state index contributed by atoms with van der Waals surface area (Å²) in [4.78, 5) is 46.6. The number of nitrogens with one attached hydrogen (secondary N) is 2. The molecule has 0 bridgehead atoms. The Morgan fingerprint density at radius 1 is 0.453 bits per heavy atom. The molecule has 0 aromatic heterocycles. The Bertz CT molecular complexity index is 2700. The van der Waals surface area contributed by atoms with Gasteiger partial charge in [-0.3, -0.25) is 19.2 Å². The molecule has 3 N–H and O–H groups in total. The number of methoxy groups -OCH3 is 1. The number of alkyl halides is 6. The van der Waals surface area contributed by atoms with Crippen molar-refractivity contribution in [3.05, 3.63) is 190 Å². The first-order chi connectivity index (χ1) is 35.9. The largest absolute Gasteiger partial charge is 0.481 e. The van der Waals surface area contributed by atoms with E-state index in [1.807, 2.05) is 72.8 Å². The molecule has 6 aromatic carbocycles. The Balaban J connectivity index is 0.000000277. The maximum absolute atomic E-state index is 12.9. The number of benzene rings is 6. The van der Waals surface area contributed by atoms with Gasteiger partial charge >= 0.3 is 24.3 Å². The van der Waals surface area contributed by atoms with Crippen LogP contribution in [0.1, 0.15) is 157 Å². The second-order valence-corrected chi connectivity index (χ2v) is 18.4. The van der Waals surface area contributed by atoms with Crippen LogP contribution in [0, 0.1) is 0 Å². The normalized spacial score (nSPS) is 12.2. The number of hydrogen-bond donors (Lipinski definition) is 3. The fourth-order valence-corrected chi connectivity index (χ4v) is 8.72. The predicted molar refractivity (Wildman–Crippen MR) is 281 cm³/mol. The second-order valence-electron chi connectivity index (χ2n) is 18.4. The standard InChI is InChI=1S/C31H34F3NO3.C30H32F3NO3/c1-3-4-5-6-7-28(25-12-14-26(15-13-25)30(37)35-21-20-29(36)38-2)24-10-8-22(9-11-24)23-16-18-27(19-17-23)31(32,33)34;1-2-3-4-5-6-27(24-11-13-25(14-12-24)29(37)34-20-19-28(35)36)23-9-7-21(8-10-23)22-15-17-26(18-16-22)30(31,32)33/h8-19,28H,3-7,20-21H2,1-2H3,(H,35,37);7-18,27H,2-6,19-20H2,1H3,(H,34,37)(H,35,36). The summed E-state index contributed by atoms with van der Waals surface area (Å²) in [7, 11) is 1.31. The number of halogens is 6. The number of carbonyl (C=O) groups excluding carboxylic acids is 3. The summed E-state index contributed by atoms with van der Waals surface area (Å²) in [6.45, 7) is 4.62. The highest BCUT2D eigenvalue weighted by molar-refractivity contribution is 5.95. The number of esters is 1. The van der Waals surface area contributed by atoms with E-state index in [0.29, 0.717) is 11.1 Å². The molecule has 75 heavy (non-hydrogen) atoms. The molecule has 0 aliphatic rings. The van der Waals surface area contributed by atoms with Gasteiger partial charge in [0.15, 0.2) is 0 Å². The minimum absolute atomic E-state index is 0.0707. The Hall–Kier alpha value is -7.22. The Kier molecular flexibility index (Phi) is 22.7. The number of amides is 2. The van der Waals surface area contributed by atoms with Gasteiger partial charge in [-0.15, -0.1) is 0 Å². The highest BCUT2D eigenvalue weighted by Gasteiger charge is 2.31. The van der Waals surface area contributed by atoms with Gasteiger partial charge in [-0.2, -0.15) is 26.3 Å². The molecular formula is C61H66F6N2O6. The second kappa shape index (κ2) is 29.0. The lowest BCUT2D eigenvalue weighted by atomic mass is 9.85. The van der Waals surface area contributed by atoms with E-state index in [1.165, 1.54) is 37.8 Å². The van der Waals surface area contributed by atoms with Gasteiger partial charge in [-0.1, -0.05) is 162 Å². The first kappa shape index (κ1) is 58.7. The van der Waals surface area contributed by atoms with Crippen LogP contribution >= 0.6 is 0 Å². The Labute approximate surface area is 435 Å². The van der Waals surface area contributed by atoms with Crippen molar-refractivity contribution in [1.82, 2.24) is 10.6 Å². The summed E-state index contributed by atoms with van der Waals surface area (Å²) >= 11 is 0. The minimum Gasteiger partial charge on any atom is -0.481 e. The Morgan fingerprint density at radius 2 is 0.760 bits per heavy atom. The predicted octanol–water partition coefficient (Wildman–Crippen LogP) is 15.4. The highest BCUT2D eigenvalue weighted by Crippen LogP contribution is 2.36. The van der Waals surface area contributed by atoms with Crippen LogP contribution < -0.4 is 10.6 Å². The molecular weight excluding hydrogens is 971 g/mol. The molecule has 0 saturated heterocycles. The van der Waals surface area contributed by atoms with Crippen molar-refractivity contribution in [2.75, 3.05) is 20.2 Å². The van der Waals surface area contributed by atoms with Crippen molar-refractivity contribution in [3.8, 4) is 22.3 Å². The highest BCUT2D eigenvalue weighted by atomic mass is 19.4. The van der Waals surface area contributed by atoms with Crippen molar-refractivity contribution in [2.45, 2.75) is 115 Å². The number of carbonyl (C=O) groups is 4. The lowest BCUT2D eigenvalue weighted by molar-refractivity contribution is -0.140. The zero-order valence-electron chi connectivity index (χ0n) is 42.7. The van der Waals surface area contributed by atoms with E-state index in [1.54, 1.807) is 24.3 Å². The first-order valence-electron chi connectivity index (χ1n) is 25.5. The van der Waals surface area contributed by atoms with Crippen molar-refractivity contribution in [2.24, 2.45) is 0 Å². The van der Waals surface area contributed by atoms with Gasteiger partial charge < -0.3 is 20.5 Å². The maximum atomic E-state index is 12.9. The third-order valence-corrected chi connectivity index (χ3v) is 13.0. The van der Waals surface area contributed by atoms with Gasteiger partial charge in [0.05, 0.1) is 31.1 Å². The molecule has 6 aromatic rings. The van der Waals surface area contributed by atoms with Gasteiger partial charge in [0.2, 0.25) is 0 Å². The van der Waals surface area contributed by atoms with Gasteiger partial charge in [0.1, 0.15) is 0 Å². The topological polar surface area (TPSA) is 122 Å². The molecule has 0 aliphatic carbocycles. The first-order valence-corrected chi connectivity index (χ1v) is 25.5. The van der Waals surface area contributed by atoms with E-state index in [-0.39, 0.29) is 55.6 Å². The van der Waals surface area contributed by atoms with Gasteiger partial charge in [-0.25, -0.2) is 0 Å². The summed E-state index contributed by atoms with van der Waals surface area (Å²) in [6.07, 6.45) is 2.14. The molecule has 0 heterocycles. The van der Waals surface area contributed by atoms with Gasteiger partial charge in [0, 0.05) is 36.1 Å². The number of ether oxygens (including phenoxy) is 1. The van der Waals surface area contributed by atoms with E-state index >= 15 is 0 Å². The third kappa shape index (κ3) is 18.6. The number of carboxylic acids is 1. The monoisotopic (exact) mass is 1040 g/mol. The van der Waals surface area contributed by atoms with E-state index < -0.39 is 29.4 Å². The Morgan fingerprint density at radius 3 is 1.05 bits per heavy atom. The van der Waals surface area contributed by atoms with Crippen LogP contribution in [0.5, 0.6) is 0 Å². The molecule has 0 spiro atoms. The number of hydrogen-bond acceptors (Lipinski definition) is 5. The summed E-state index contributed by atoms with van der Waals surface area (Å²) in [5.74, 6) is -1.66.